The number of hydrogen-bond donors (Lipinski definition) is 1. The van der Waals surface area contributed by atoms with Gasteiger partial charge in [0.15, 0.2) is 9.84 Å². The van der Waals surface area contributed by atoms with E-state index in [4.69, 9.17) is 0 Å². The van der Waals surface area contributed by atoms with E-state index in [1.807, 2.05) is 0 Å². The fourth-order valence-corrected chi connectivity index (χ4v) is 2.23. The number of hydrogen-bond acceptors (Lipinski definition) is 3. The van der Waals surface area contributed by atoms with Gasteiger partial charge in [0.05, 0.1) is 6.42 Å². The van der Waals surface area contributed by atoms with Crippen molar-refractivity contribution < 1.29 is 13.2 Å². The largest absolute Gasteiger partial charge is 0.353 e. The van der Waals surface area contributed by atoms with E-state index in [1.165, 1.54) is 6.42 Å². The highest BCUT2D eigenvalue weighted by Gasteiger charge is 2.18. The molecule has 92 valence electrons. The molecular weight excluding hydrogens is 226 g/mol. The van der Waals surface area contributed by atoms with Crippen molar-refractivity contribution >= 4 is 15.7 Å². The van der Waals surface area contributed by atoms with Crippen molar-refractivity contribution in [2.24, 2.45) is 0 Å². The molecule has 0 radical (unpaired) electrons. The maximum Gasteiger partial charge on any atom is 0.225 e. The zero-order valence-corrected chi connectivity index (χ0v) is 10.5. The van der Waals surface area contributed by atoms with Crippen LogP contribution in [0.2, 0.25) is 0 Å². The molecule has 1 N–H and O–H groups in total. The van der Waals surface area contributed by atoms with Crippen LogP contribution in [-0.4, -0.2) is 26.6 Å². The topological polar surface area (TPSA) is 63.2 Å². The van der Waals surface area contributed by atoms with Crippen LogP contribution in [0.25, 0.3) is 0 Å². The molecule has 5 heteroatoms. The summed E-state index contributed by atoms with van der Waals surface area (Å²) in [5.41, 5.74) is 0. The Kier molecular flexibility index (Phi) is 4.53. The zero-order chi connectivity index (χ0) is 12.2. The van der Waals surface area contributed by atoms with Gasteiger partial charge in [-0.2, -0.15) is 0 Å². The monoisotopic (exact) mass is 245 g/mol. The highest BCUT2D eigenvalue weighted by molar-refractivity contribution is 7.94. The summed E-state index contributed by atoms with van der Waals surface area (Å²) in [5.74, 6) is -0.234. The van der Waals surface area contributed by atoms with Crippen LogP contribution in [0, 0.1) is 0 Å². The van der Waals surface area contributed by atoms with E-state index in [2.05, 4.69) is 11.9 Å². The highest BCUT2D eigenvalue weighted by atomic mass is 32.2. The molecule has 0 heterocycles. The van der Waals surface area contributed by atoms with Crippen LogP contribution >= 0.6 is 0 Å². The van der Waals surface area contributed by atoms with Crippen LogP contribution in [0.15, 0.2) is 11.5 Å². The smallest absolute Gasteiger partial charge is 0.225 e. The fraction of sp³-hybridized carbons (Fsp3) is 0.727. The molecule has 0 unspecified atom stereocenters. The van der Waals surface area contributed by atoms with E-state index in [1.54, 1.807) is 0 Å². The fourth-order valence-electron chi connectivity index (χ4n) is 1.84. The Bertz CT molecular complexity index is 367. The Morgan fingerprint density at radius 3 is 2.38 bits per heavy atom. The van der Waals surface area contributed by atoms with Gasteiger partial charge in [0.2, 0.25) is 5.91 Å². The second kappa shape index (κ2) is 5.48. The molecule has 1 aliphatic carbocycles. The molecule has 0 atom stereocenters. The van der Waals surface area contributed by atoms with E-state index in [9.17, 15) is 13.2 Å². The van der Waals surface area contributed by atoms with E-state index < -0.39 is 9.84 Å². The normalized spacial score (nSPS) is 18.1. The van der Waals surface area contributed by atoms with E-state index >= 15 is 0 Å². The van der Waals surface area contributed by atoms with Crippen LogP contribution in [-0.2, 0) is 14.6 Å². The number of sulfone groups is 1. The van der Waals surface area contributed by atoms with Gasteiger partial charge < -0.3 is 5.32 Å². The summed E-state index contributed by atoms with van der Waals surface area (Å²) in [6.45, 7) is 3.41. The summed E-state index contributed by atoms with van der Waals surface area (Å²) >= 11 is 0. The van der Waals surface area contributed by atoms with Gasteiger partial charge in [0, 0.05) is 17.2 Å². The summed E-state index contributed by atoms with van der Waals surface area (Å²) in [5, 5.41) is 2.86. The number of rotatable bonds is 4. The third-order valence-corrected chi connectivity index (χ3v) is 4.05. The number of amides is 1. The molecular formula is C11H19NO3S. The molecule has 1 aliphatic rings. The van der Waals surface area contributed by atoms with Gasteiger partial charge in [-0.1, -0.05) is 25.8 Å². The van der Waals surface area contributed by atoms with Crippen LogP contribution in [0.3, 0.4) is 0 Å². The third-order valence-electron chi connectivity index (χ3n) is 2.85. The first-order chi connectivity index (χ1) is 7.39. The molecule has 4 nitrogen and oxygen atoms in total. The minimum Gasteiger partial charge on any atom is -0.353 e. The van der Waals surface area contributed by atoms with Crippen molar-refractivity contribution in [3.63, 3.8) is 0 Å². The van der Waals surface area contributed by atoms with Crippen molar-refractivity contribution in [2.45, 2.75) is 44.6 Å². The van der Waals surface area contributed by atoms with Crippen LogP contribution in [0.5, 0.6) is 0 Å². The average Bonchev–Trinajstić information content (AvgIpc) is 2.17. The second-order valence-electron chi connectivity index (χ2n) is 4.39. The number of nitrogens with one attached hydrogen (secondary N) is 1. The minimum atomic E-state index is -3.29. The van der Waals surface area contributed by atoms with Crippen molar-refractivity contribution in [3.8, 4) is 0 Å². The number of carbonyl (C=O) groups is 1. The second-order valence-corrected chi connectivity index (χ2v) is 6.51. The third kappa shape index (κ3) is 4.35. The first-order valence-corrected chi connectivity index (χ1v) is 7.46. The summed E-state index contributed by atoms with van der Waals surface area (Å²) in [6.07, 6.45) is 6.45. The van der Waals surface area contributed by atoms with Gasteiger partial charge in [-0.15, -0.1) is 0 Å². The Morgan fingerprint density at radius 1 is 1.31 bits per heavy atom. The Hall–Kier alpha value is -0.840. The molecule has 1 fully saturated rings. The summed E-state index contributed by atoms with van der Waals surface area (Å²) in [4.78, 5) is 11.5. The van der Waals surface area contributed by atoms with E-state index in [-0.39, 0.29) is 23.3 Å². The Morgan fingerprint density at radius 2 is 1.88 bits per heavy atom. The minimum absolute atomic E-state index is 0.0131. The quantitative estimate of drug-likeness (QED) is 0.814. The number of carbonyl (C=O) groups excluding carboxylic acids is 1. The van der Waals surface area contributed by atoms with Crippen molar-refractivity contribution in [1.82, 2.24) is 5.32 Å². The standard InChI is InChI=1S/C11H19NO3S/c1-9(16(2,14)15)8-11(13)12-10-6-4-3-5-7-10/h10H,1,3-8H2,2H3,(H,12,13). The average molecular weight is 245 g/mol. The maximum absolute atomic E-state index is 11.5. The summed E-state index contributed by atoms with van der Waals surface area (Å²) < 4.78 is 22.2. The van der Waals surface area contributed by atoms with Crippen LogP contribution in [0.1, 0.15) is 38.5 Å². The predicted molar refractivity (Wildman–Crippen MR) is 63.6 cm³/mol. The van der Waals surface area contributed by atoms with Gasteiger partial charge in [-0.25, -0.2) is 8.42 Å². The Balaban J connectivity index is 2.38. The van der Waals surface area contributed by atoms with Crippen LogP contribution < -0.4 is 5.32 Å². The van der Waals surface area contributed by atoms with Gasteiger partial charge in [-0.3, -0.25) is 4.79 Å². The van der Waals surface area contributed by atoms with Gasteiger partial charge in [0.1, 0.15) is 0 Å². The lowest BCUT2D eigenvalue weighted by Gasteiger charge is -2.22. The molecule has 0 aliphatic heterocycles. The maximum atomic E-state index is 11.5. The molecule has 0 aromatic carbocycles. The van der Waals surface area contributed by atoms with Crippen molar-refractivity contribution in [1.29, 1.82) is 0 Å². The molecule has 0 aromatic rings. The van der Waals surface area contributed by atoms with Crippen LogP contribution in [0.4, 0.5) is 0 Å². The summed E-state index contributed by atoms with van der Waals surface area (Å²) in [6, 6.07) is 0.216. The molecule has 0 bridgehead atoms. The van der Waals surface area contributed by atoms with E-state index in [0.29, 0.717) is 0 Å². The molecule has 1 amide bonds. The SMILES string of the molecule is C=C(CC(=O)NC1CCCCC1)S(C)(=O)=O. The van der Waals surface area contributed by atoms with Gasteiger partial charge in [0.25, 0.3) is 0 Å². The molecule has 0 aromatic heterocycles. The lowest BCUT2D eigenvalue weighted by Crippen LogP contribution is -2.36. The predicted octanol–water partition coefficient (Wildman–Crippen LogP) is 1.38. The lowest BCUT2D eigenvalue weighted by molar-refractivity contribution is -0.121. The van der Waals surface area contributed by atoms with Gasteiger partial charge in [-0.05, 0) is 12.8 Å². The molecule has 1 rings (SSSR count). The molecule has 0 spiro atoms. The first-order valence-electron chi connectivity index (χ1n) is 5.57. The van der Waals surface area contributed by atoms with Crippen molar-refractivity contribution in [3.05, 3.63) is 11.5 Å². The molecule has 1 saturated carbocycles. The van der Waals surface area contributed by atoms with Gasteiger partial charge >= 0.3 is 0 Å². The first kappa shape index (κ1) is 13.2. The molecule has 0 saturated heterocycles. The van der Waals surface area contributed by atoms with Crippen molar-refractivity contribution in [2.75, 3.05) is 6.26 Å². The Labute approximate surface area is 97.0 Å². The lowest BCUT2D eigenvalue weighted by atomic mass is 9.95. The zero-order valence-electron chi connectivity index (χ0n) is 9.66. The van der Waals surface area contributed by atoms with E-state index in [0.717, 1.165) is 31.9 Å². The highest BCUT2D eigenvalue weighted by Crippen LogP contribution is 2.17. The summed E-state index contributed by atoms with van der Waals surface area (Å²) in [7, 11) is -3.29. The molecule has 16 heavy (non-hydrogen) atoms.